The van der Waals surface area contributed by atoms with Crippen LogP contribution in [0, 0.1) is 11.6 Å². The van der Waals surface area contributed by atoms with Crippen LogP contribution >= 0.6 is 11.6 Å². The number of hydrogen-bond donors (Lipinski definition) is 2. The zero-order valence-corrected chi connectivity index (χ0v) is 33.1. The van der Waals surface area contributed by atoms with Crippen molar-refractivity contribution in [1.82, 2.24) is 29.2 Å². The summed E-state index contributed by atoms with van der Waals surface area (Å²) < 4.78 is 121. The normalized spacial score (nSPS) is 18.2. The van der Waals surface area contributed by atoms with E-state index in [0.29, 0.717) is 17.3 Å². The van der Waals surface area contributed by atoms with E-state index < -0.39 is 45.1 Å². The SMILES string of the molecule is COCc1cc(C2CCC(F)(F)CC2)nc2nc([C@@H](N)Cc3cc(F)cc(F)c3)n(-c3ccc(Cl)c4c(NS(C)(=O)=O)nn(CCN5CCC(F)(F)CC5)c34)c(=O)c12. The summed E-state index contributed by atoms with van der Waals surface area (Å²) in [5.74, 6) is -7.95. The second kappa shape index (κ2) is 16.0. The average Bonchev–Trinajstić information content (AvgIpc) is 3.48. The molecule has 2 aliphatic rings. The first-order valence-electron chi connectivity index (χ1n) is 18.6. The molecule has 1 saturated heterocycles. The van der Waals surface area contributed by atoms with Crippen LogP contribution in [0.1, 0.15) is 73.1 Å². The molecule has 0 radical (unpaired) electrons. The predicted octanol–water partition coefficient (Wildman–Crippen LogP) is 6.85. The highest BCUT2D eigenvalue weighted by molar-refractivity contribution is 7.92. The number of benzene rings is 2. The van der Waals surface area contributed by atoms with Crippen molar-refractivity contribution in [2.24, 2.45) is 5.73 Å². The van der Waals surface area contributed by atoms with Crippen LogP contribution in [0.25, 0.3) is 27.6 Å². The van der Waals surface area contributed by atoms with E-state index in [0.717, 1.165) is 18.4 Å². The Morgan fingerprint density at radius 2 is 1.62 bits per heavy atom. The van der Waals surface area contributed by atoms with Gasteiger partial charge in [-0.3, -0.25) is 18.8 Å². The maximum Gasteiger partial charge on any atom is 0.268 e. The predicted molar refractivity (Wildman–Crippen MR) is 206 cm³/mol. The van der Waals surface area contributed by atoms with E-state index in [4.69, 9.17) is 32.0 Å². The van der Waals surface area contributed by atoms with Gasteiger partial charge >= 0.3 is 0 Å². The van der Waals surface area contributed by atoms with Crippen molar-refractivity contribution in [3.63, 3.8) is 0 Å². The molecule has 3 N–H and O–H groups in total. The van der Waals surface area contributed by atoms with E-state index >= 15 is 4.79 Å². The Morgan fingerprint density at radius 1 is 0.966 bits per heavy atom. The van der Waals surface area contributed by atoms with Crippen LogP contribution in [0.3, 0.4) is 0 Å². The quantitative estimate of drug-likeness (QED) is 0.129. The van der Waals surface area contributed by atoms with Crippen LogP contribution in [0.5, 0.6) is 0 Å². The minimum absolute atomic E-state index is 0.0115. The van der Waals surface area contributed by atoms with E-state index in [2.05, 4.69) is 9.82 Å². The lowest BCUT2D eigenvalue weighted by molar-refractivity contribution is -0.0555. The van der Waals surface area contributed by atoms with Crippen molar-refractivity contribution in [2.75, 3.05) is 37.7 Å². The first kappa shape index (κ1) is 41.8. The van der Waals surface area contributed by atoms with Gasteiger partial charge in [-0.05, 0) is 60.7 Å². The zero-order valence-electron chi connectivity index (χ0n) is 31.6. The first-order valence-corrected chi connectivity index (χ1v) is 20.9. The Balaban J connectivity index is 1.46. The van der Waals surface area contributed by atoms with Gasteiger partial charge in [0.25, 0.3) is 11.5 Å². The molecule has 5 aromatic rings. The van der Waals surface area contributed by atoms with Gasteiger partial charge in [0.15, 0.2) is 11.5 Å². The number of rotatable bonds is 12. The molecule has 4 heterocycles. The van der Waals surface area contributed by atoms with Gasteiger partial charge in [0.05, 0.1) is 52.4 Å². The van der Waals surface area contributed by atoms with Crippen molar-refractivity contribution in [1.29, 1.82) is 0 Å². The Bertz CT molecular complexity index is 2510. The lowest BCUT2D eigenvalue weighted by Crippen LogP contribution is -2.40. The second-order valence-electron chi connectivity index (χ2n) is 15.1. The summed E-state index contributed by atoms with van der Waals surface area (Å²) >= 11 is 6.74. The van der Waals surface area contributed by atoms with Crippen molar-refractivity contribution < 1.29 is 39.5 Å². The molecule has 2 aromatic carbocycles. The van der Waals surface area contributed by atoms with Crippen LogP contribution in [0.2, 0.25) is 5.02 Å². The molecule has 1 aliphatic heterocycles. The molecule has 1 saturated carbocycles. The molecule has 0 spiro atoms. The van der Waals surface area contributed by atoms with E-state index in [-0.39, 0.29) is 134 Å². The summed E-state index contributed by atoms with van der Waals surface area (Å²) in [7, 11) is -2.52. The third-order valence-electron chi connectivity index (χ3n) is 10.7. The third kappa shape index (κ3) is 8.97. The number of pyridine rings is 1. The van der Waals surface area contributed by atoms with Gasteiger partial charge in [0.2, 0.25) is 15.9 Å². The smallest absolute Gasteiger partial charge is 0.268 e. The Hall–Kier alpha value is -4.30. The number of aromatic nitrogens is 5. The van der Waals surface area contributed by atoms with Gasteiger partial charge in [0.1, 0.15) is 17.5 Å². The number of hydrogen-bond acceptors (Lipinski definition) is 9. The van der Waals surface area contributed by atoms with Crippen LogP contribution in [0.15, 0.2) is 41.2 Å². The number of methoxy groups -OCH3 is 1. The van der Waals surface area contributed by atoms with E-state index in [9.17, 15) is 34.8 Å². The van der Waals surface area contributed by atoms with Crippen molar-refractivity contribution in [3.05, 3.63) is 86.1 Å². The molecular weight excluding hydrogens is 814 g/mol. The van der Waals surface area contributed by atoms with Crippen LogP contribution in [0.4, 0.5) is 32.2 Å². The monoisotopic (exact) mass is 854 g/mol. The van der Waals surface area contributed by atoms with Crippen molar-refractivity contribution in [3.8, 4) is 5.69 Å². The van der Waals surface area contributed by atoms with Gasteiger partial charge in [-0.15, -0.1) is 0 Å². The number of fused-ring (bicyclic) bond motifs is 2. The Morgan fingerprint density at radius 3 is 2.26 bits per heavy atom. The highest BCUT2D eigenvalue weighted by atomic mass is 35.5. The Labute approximate surface area is 334 Å². The molecule has 0 unspecified atom stereocenters. The molecule has 58 heavy (non-hydrogen) atoms. The molecule has 0 amide bonds. The van der Waals surface area contributed by atoms with Crippen molar-refractivity contribution in [2.45, 2.75) is 81.9 Å². The maximum absolute atomic E-state index is 15.1. The van der Waals surface area contributed by atoms with Gasteiger partial charge < -0.3 is 15.4 Å². The molecule has 12 nitrogen and oxygen atoms in total. The van der Waals surface area contributed by atoms with Crippen molar-refractivity contribution >= 4 is 49.4 Å². The molecule has 312 valence electrons. The summed E-state index contributed by atoms with van der Waals surface area (Å²) in [4.78, 5) is 26.5. The maximum atomic E-state index is 15.1. The van der Waals surface area contributed by atoms with E-state index in [1.165, 1.54) is 28.5 Å². The highest BCUT2D eigenvalue weighted by Crippen LogP contribution is 2.41. The largest absolute Gasteiger partial charge is 0.380 e. The fourth-order valence-corrected chi connectivity index (χ4v) is 8.59. The number of likely N-dealkylation sites (tertiary alicyclic amines) is 1. The summed E-state index contributed by atoms with van der Waals surface area (Å²) in [6, 6.07) is 6.21. The highest BCUT2D eigenvalue weighted by Gasteiger charge is 2.37. The number of alkyl halides is 4. The average molecular weight is 855 g/mol. The number of halogens is 7. The lowest BCUT2D eigenvalue weighted by Gasteiger charge is -2.31. The molecule has 1 aliphatic carbocycles. The van der Waals surface area contributed by atoms with E-state index in [1.807, 2.05) is 4.90 Å². The van der Waals surface area contributed by atoms with E-state index in [1.54, 1.807) is 6.07 Å². The number of ether oxygens (including phenoxy) is 1. The molecule has 3 aromatic heterocycles. The number of nitrogens with one attached hydrogen (secondary N) is 1. The number of sulfonamides is 1. The summed E-state index contributed by atoms with van der Waals surface area (Å²) in [6.45, 7) is 0.369. The second-order valence-corrected chi connectivity index (χ2v) is 17.3. The first-order chi connectivity index (χ1) is 27.3. The fourth-order valence-electron chi connectivity index (χ4n) is 7.85. The van der Waals surface area contributed by atoms with Crippen LogP contribution in [-0.2, 0) is 34.3 Å². The topological polar surface area (TPSA) is 150 Å². The fraction of sp³-hybridized carbons (Fsp3) is 0.474. The van der Waals surface area contributed by atoms with Crippen LogP contribution < -0.4 is 16.0 Å². The molecule has 7 rings (SSSR count). The van der Waals surface area contributed by atoms with Gasteiger partial charge in [-0.2, -0.15) is 5.10 Å². The van der Waals surface area contributed by atoms with Crippen LogP contribution in [-0.4, -0.2) is 82.5 Å². The molecule has 20 heteroatoms. The number of nitrogens with zero attached hydrogens (tertiary/aromatic N) is 6. The summed E-state index contributed by atoms with van der Waals surface area (Å²) in [5.41, 5.74) is 7.24. The Kier molecular flexibility index (Phi) is 11.6. The van der Waals surface area contributed by atoms with Gasteiger partial charge in [-0.25, -0.2) is 44.7 Å². The van der Waals surface area contributed by atoms with Gasteiger partial charge in [-0.1, -0.05) is 11.6 Å². The molecule has 0 bridgehead atoms. The summed E-state index contributed by atoms with van der Waals surface area (Å²) in [5, 5.41) is 4.71. The lowest BCUT2D eigenvalue weighted by atomic mass is 9.84. The summed E-state index contributed by atoms with van der Waals surface area (Å²) in [6.07, 6.45) is -0.374. The minimum Gasteiger partial charge on any atom is -0.380 e. The number of anilines is 1. The zero-order chi connectivity index (χ0) is 41.7. The minimum atomic E-state index is -3.93. The standard InChI is InChI=1S/C38H41ClF6N8O4S/c1-57-20-23-18-28(22-5-7-37(42,43)8-6-22)47-33-30(23)36(54)53(35(48-33)27(46)17-21-15-24(40)19-25(41)16-21)29-4-3-26(39)31-32(29)52(49-34(31)50-58(2,55)56)14-13-51-11-9-38(44,45)10-12-51/h3-4,15-16,18-19,22,27H,5-14,17,20,46H2,1-2H3,(H,49,50)/t27-/m0/s1. The number of piperidine rings is 1. The molecule has 2 fully saturated rings. The molecule has 1 atom stereocenters. The molecular formula is C38H41ClF6N8O4S. The third-order valence-corrected chi connectivity index (χ3v) is 11.6. The van der Waals surface area contributed by atoms with Gasteiger partial charge in [0, 0.05) is 70.1 Å². The number of nitrogens with two attached hydrogens (primary N) is 1.